The Hall–Kier alpha value is -4.40. The molecule has 0 saturated carbocycles. The Balaban J connectivity index is 0.00000107. The third-order valence-corrected chi connectivity index (χ3v) is 6.23. The van der Waals surface area contributed by atoms with Crippen LogP contribution in [0.2, 0.25) is 0 Å². The molecule has 0 fully saturated rings. The summed E-state index contributed by atoms with van der Waals surface area (Å²) in [7, 11) is 4.79. The third kappa shape index (κ3) is 5.32. The molecule has 1 atom stereocenters. The smallest absolute Gasteiger partial charge is 0.335 e. The maximum atomic E-state index is 11.6. The minimum absolute atomic E-state index is 0.544. The van der Waals surface area contributed by atoms with Crippen molar-refractivity contribution in [1.82, 2.24) is 4.57 Å². The second-order valence-electron chi connectivity index (χ2n) is 8.31. The molecule has 1 unspecified atom stereocenters. The van der Waals surface area contributed by atoms with Crippen molar-refractivity contribution in [3.63, 3.8) is 0 Å². The van der Waals surface area contributed by atoms with Crippen LogP contribution in [0, 0.1) is 0 Å². The number of methoxy groups -OCH3 is 3. The van der Waals surface area contributed by atoms with Crippen molar-refractivity contribution in [2.24, 2.45) is 0 Å². The number of hydrogen-bond donors (Lipinski definition) is 1. The molecule has 5 aromatic rings. The number of aliphatic hydroxyl groups excluding tert-OH is 1. The first-order valence-corrected chi connectivity index (χ1v) is 12.4. The lowest BCUT2D eigenvalue weighted by atomic mass is 9.98. The van der Waals surface area contributed by atoms with E-state index in [9.17, 15) is 5.11 Å². The van der Waals surface area contributed by atoms with Crippen molar-refractivity contribution in [2.45, 2.75) is 6.10 Å². The lowest BCUT2D eigenvalue weighted by Crippen LogP contribution is -2.07. The molecule has 0 spiro atoms. The number of benzene rings is 4. The van der Waals surface area contributed by atoms with Gasteiger partial charge in [-0.1, -0.05) is 54.6 Å². The van der Waals surface area contributed by atoms with E-state index in [2.05, 4.69) is 34.9 Å². The van der Waals surface area contributed by atoms with Crippen molar-refractivity contribution in [1.29, 1.82) is 0 Å². The highest BCUT2D eigenvalue weighted by molar-refractivity contribution is 7.51. The van der Waals surface area contributed by atoms with E-state index in [1.807, 2.05) is 66.7 Å². The molecule has 5 rings (SSSR count). The number of para-hydroxylation sites is 2. The molecule has 0 aliphatic rings. The maximum absolute atomic E-state index is 11.6. The predicted molar refractivity (Wildman–Crippen MR) is 148 cm³/mol. The summed E-state index contributed by atoms with van der Waals surface area (Å²) in [5, 5.41) is 12.7. The first-order valence-electron chi connectivity index (χ1n) is 11.7. The molecular weight excluding hydrogens is 502 g/mol. The average molecular weight is 530 g/mol. The van der Waals surface area contributed by atoms with E-state index in [4.69, 9.17) is 22.6 Å². The highest BCUT2D eigenvalue weighted by atomic mass is 32.1. The normalized spacial score (nSPS) is 11.3. The van der Waals surface area contributed by atoms with Crippen LogP contribution in [-0.2, 0) is 11.6 Å². The molecule has 0 bridgehead atoms. The van der Waals surface area contributed by atoms with Gasteiger partial charge >= 0.3 is 11.6 Å². The molecule has 7 nitrogen and oxygen atoms in total. The van der Waals surface area contributed by atoms with Gasteiger partial charge in [-0.3, -0.25) is 0 Å². The second kappa shape index (κ2) is 12.2. The van der Waals surface area contributed by atoms with Gasteiger partial charge in [-0.2, -0.15) is 8.42 Å². The van der Waals surface area contributed by atoms with Gasteiger partial charge in [0.05, 0.1) is 32.5 Å². The molecule has 0 amide bonds. The van der Waals surface area contributed by atoms with Crippen LogP contribution >= 0.6 is 0 Å². The van der Waals surface area contributed by atoms with Crippen LogP contribution in [0.25, 0.3) is 27.7 Å². The zero-order valence-electron chi connectivity index (χ0n) is 21.2. The molecular formula is C30H27NO6S. The lowest BCUT2D eigenvalue weighted by Gasteiger charge is -2.18. The fraction of sp³-hybridized carbons (Fsp3) is 0.133. The van der Waals surface area contributed by atoms with Crippen molar-refractivity contribution in [2.75, 3.05) is 21.3 Å². The molecule has 1 heterocycles. The average Bonchev–Trinajstić information content (AvgIpc) is 3.36. The summed E-state index contributed by atoms with van der Waals surface area (Å²) in [5.41, 5.74) is 5.48. The first kappa shape index (κ1) is 26.7. The predicted octanol–water partition coefficient (Wildman–Crippen LogP) is 5.73. The molecule has 0 aliphatic heterocycles. The van der Waals surface area contributed by atoms with E-state index in [-0.39, 0.29) is 0 Å². The Bertz CT molecular complexity index is 1550. The molecule has 38 heavy (non-hydrogen) atoms. The number of hydrogen-bond acceptors (Lipinski definition) is 6. The highest BCUT2D eigenvalue weighted by Gasteiger charge is 2.20. The number of nitrogens with zero attached hydrogens (tertiary/aromatic N) is 1. The van der Waals surface area contributed by atoms with E-state index in [1.165, 1.54) is 0 Å². The van der Waals surface area contributed by atoms with Crippen LogP contribution in [-0.4, -0.2) is 39.4 Å². The van der Waals surface area contributed by atoms with Gasteiger partial charge in [0, 0.05) is 11.1 Å². The first-order chi connectivity index (χ1) is 18.6. The molecule has 1 N–H and O–H groups in total. The molecule has 0 saturated heterocycles. The fourth-order valence-corrected chi connectivity index (χ4v) is 4.55. The van der Waals surface area contributed by atoms with Gasteiger partial charge in [0.15, 0.2) is 11.5 Å². The highest BCUT2D eigenvalue weighted by Crippen LogP contribution is 2.42. The topological polar surface area (TPSA) is 87.0 Å². The summed E-state index contributed by atoms with van der Waals surface area (Å²) >= 11 is -0.750. The number of fused-ring (bicyclic) bond motifs is 1. The van der Waals surface area contributed by atoms with Gasteiger partial charge in [-0.05, 0) is 59.2 Å². The fourth-order valence-electron chi connectivity index (χ4n) is 4.55. The van der Waals surface area contributed by atoms with Gasteiger partial charge in [-0.25, -0.2) is 0 Å². The molecule has 8 heteroatoms. The van der Waals surface area contributed by atoms with Gasteiger partial charge < -0.3 is 23.9 Å². The summed E-state index contributed by atoms with van der Waals surface area (Å²) in [4.78, 5) is 0. The van der Waals surface area contributed by atoms with E-state index in [0.29, 0.717) is 17.2 Å². The molecule has 0 aliphatic carbocycles. The van der Waals surface area contributed by atoms with Crippen LogP contribution in [0.4, 0.5) is 0 Å². The van der Waals surface area contributed by atoms with Crippen LogP contribution in [0.1, 0.15) is 17.4 Å². The summed E-state index contributed by atoms with van der Waals surface area (Å²) in [6.07, 6.45) is -0.829. The standard InChI is InChI=1S/C30H27NO4.O2S/c1-33-27-18-23(19-28(34-2)30(27)35-3)20-11-9-12-22(16-20)29(32)26-17-21-10-7-8-15-25(21)31(26)24-13-5-4-6-14-24;1-3-2/h4-19,29,32H,1-3H3;. The van der Waals surface area contributed by atoms with Crippen LogP contribution in [0.5, 0.6) is 17.2 Å². The summed E-state index contributed by atoms with van der Waals surface area (Å²) in [6, 6.07) is 32.0. The van der Waals surface area contributed by atoms with Crippen molar-refractivity contribution in [3.8, 4) is 34.1 Å². The SMILES string of the molecule is COc1cc(-c2cccc(C(O)c3cc4ccccc4n3-c3ccccc3)c2)cc(OC)c1OC.O=S=O. The van der Waals surface area contributed by atoms with Gasteiger partial charge in [0.25, 0.3) is 0 Å². The van der Waals surface area contributed by atoms with Crippen LogP contribution < -0.4 is 14.2 Å². The molecule has 4 aromatic carbocycles. The van der Waals surface area contributed by atoms with E-state index in [0.717, 1.165) is 39.0 Å². The van der Waals surface area contributed by atoms with E-state index >= 15 is 0 Å². The molecule has 1 aromatic heterocycles. The van der Waals surface area contributed by atoms with E-state index < -0.39 is 17.7 Å². The summed E-state index contributed by atoms with van der Waals surface area (Å²) in [5.74, 6) is 1.70. The van der Waals surface area contributed by atoms with E-state index in [1.54, 1.807) is 21.3 Å². The zero-order chi connectivity index (χ0) is 27.1. The van der Waals surface area contributed by atoms with Crippen molar-refractivity contribution >= 4 is 22.5 Å². The van der Waals surface area contributed by atoms with Crippen molar-refractivity contribution < 1.29 is 27.7 Å². The number of aliphatic hydroxyl groups is 1. The Morgan fingerprint density at radius 2 is 1.34 bits per heavy atom. The number of rotatable bonds is 7. The van der Waals surface area contributed by atoms with Crippen LogP contribution in [0.15, 0.2) is 97.1 Å². The maximum Gasteiger partial charge on any atom is 0.335 e. The van der Waals surface area contributed by atoms with Crippen LogP contribution in [0.3, 0.4) is 0 Å². The quantitative estimate of drug-likeness (QED) is 0.290. The zero-order valence-corrected chi connectivity index (χ0v) is 22.0. The Morgan fingerprint density at radius 3 is 1.97 bits per heavy atom. The minimum Gasteiger partial charge on any atom is -0.493 e. The summed E-state index contributed by atoms with van der Waals surface area (Å²) < 4.78 is 35.2. The minimum atomic E-state index is -0.829. The monoisotopic (exact) mass is 529 g/mol. The largest absolute Gasteiger partial charge is 0.493 e. The Morgan fingerprint density at radius 1 is 0.711 bits per heavy atom. The van der Waals surface area contributed by atoms with Gasteiger partial charge in [-0.15, -0.1) is 0 Å². The van der Waals surface area contributed by atoms with Crippen molar-refractivity contribution in [3.05, 3.63) is 108 Å². The Kier molecular flexibility index (Phi) is 8.58. The summed E-state index contributed by atoms with van der Waals surface area (Å²) in [6.45, 7) is 0. The Labute approximate surface area is 224 Å². The second-order valence-corrected chi connectivity index (χ2v) is 8.45. The van der Waals surface area contributed by atoms with Gasteiger partial charge in [0.2, 0.25) is 5.75 Å². The number of aromatic nitrogens is 1. The molecule has 194 valence electrons. The molecule has 0 radical (unpaired) electrons. The number of ether oxygens (including phenoxy) is 3. The lowest BCUT2D eigenvalue weighted by molar-refractivity contribution is 0.214. The third-order valence-electron chi connectivity index (χ3n) is 6.23. The van der Waals surface area contributed by atoms with Gasteiger partial charge in [0.1, 0.15) is 6.10 Å².